The van der Waals surface area contributed by atoms with Crippen LogP contribution in [0.5, 0.6) is 5.75 Å². The fraction of sp³-hybridized carbons (Fsp3) is 0.455. The Morgan fingerprint density at radius 2 is 2.35 bits per heavy atom. The van der Waals surface area contributed by atoms with Gasteiger partial charge in [0, 0.05) is 19.2 Å². The minimum Gasteiger partial charge on any atom is -0.405 e. The van der Waals surface area contributed by atoms with Gasteiger partial charge in [0.1, 0.15) is 0 Å². The van der Waals surface area contributed by atoms with Crippen molar-refractivity contribution < 1.29 is 9.76 Å². The van der Waals surface area contributed by atoms with Crippen LogP contribution in [0.1, 0.15) is 13.3 Å². The van der Waals surface area contributed by atoms with Crippen LogP contribution in [0.15, 0.2) is 22.7 Å². The maximum Gasteiger partial charge on any atom is 0.273 e. The number of hydrogen-bond donors (Lipinski definition) is 0. The zero-order valence-electron chi connectivity index (χ0n) is 9.43. The van der Waals surface area contributed by atoms with Crippen molar-refractivity contribution in [2.24, 2.45) is 5.92 Å². The first-order chi connectivity index (χ1) is 8.06. The van der Waals surface area contributed by atoms with Crippen molar-refractivity contribution in [2.75, 3.05) is 13.1 Å². The van der Waals surface area contributed by atoms with E-state index in [4.69, 9.17) is 4.84 Å². The second-order valence-corrected chi connectivity index (χ2v) is 5.10. The highest BCUT2D eigenvalue weighted by atomic mass is 79.9. The summed E-state index contributed by atoms with van der Waals surface area (Å²) in [4.78, 5) is 15.9. The molecule has 2 rings (SSSR count). The zero-order valence-corrected chi connectivity index (χ0v) is 11.0. The highest BCUT2D eigenvalue weighted by Gasteiger charge is 2.21. The molecule has 0 bridgehead atoms. The summed E-state index contributed by atoms with van der Waals surface area (Å²) in [7, 11) is 0. The SMILES string of the molecule is C[C@@H]1CCN(Oc2cc([N+](=O)[O-])ccc2Br)C1. The van der Waals surface area contributed by atoms with Gasteiger partial charge in [0.2, 0.25) is 0 Å². The molecule has 1 saturated heterocycles. The third-order valence-electron chi connectivity index (χ3n) is 2.74. The maximum atomic E-state index is 10.7. The summed E-state index contributed by atoms with van der Waals surface area (Å²) in [5.41, 5.74) is 0.0374. The smallest absolute Gasteiger partial charge is 0.273 e. The maximum absolute atomic E-state index is 10.7. The molecule has 0 spiro atoms. The minimum atomic E-state index is -0.425. The van der Waals surface area contributed by atoms with Crippen molar-refractivity contribution in [3.63, 3.8) is 0 Å². The van der Waals surface area contributed by atoms with Crippen LogP contribution in [-0.4, -0.2) is 23.1 Å². The van der Waals surface area contributed by atoms with E-state index >= 15 is 0 Å². The Balaban J connectivity index is 2.14. The Morgan fingerprint density at radius 3 is 2.94 bits per heavy atom. The highest BCUT2D eigenvalue weighted by molar-refractivity contribution is 9.10. The fourth-order valence-corrected chi connectivity index (χ4v) is 2.11. The van der Waals surface area contributed by atoms with Crippen molar-refractivity contribution >= 4 is 21.6 Å². The normalized spacial score (nSPS) is 20.5. The van der Waals surface area contributed by atoms with Gasteiger partial charge in [-0.2, -0.15) is 0 Å². The van der Waals surface area contributed by atoms with Gasteiger partial charge in [-0.15, -0.1) is 5.06 Å². The van der Waals surface area contributed by atoms with Crippen molar-refractivity contribution in [1.82, 2.24) is 5.06 Å². The van der Waals surface area contributed by atoms with E-state index in [1.54, 1.807) is 6.07 Å². The minimum absolute atomic E-state index is 0.0374. The van der Waals surface area contributed by atoms with Gasteiger partial charge in [0.25, 0.3) is 5.69 Å². The number of nitrogens with zero attached hydrogens (tertiary/aromatic N) is 2. The molecule has 17 heavy (non-hydrogen) atoms. The fourth-order valence-electron chi connectivity index (χ4n) is 1.79. The molecular formula is C11H13BrN2O3. The van der Waals surface area contributed by atoms with E-state index in [-0.39, 0.29) is 5.69 Å². The third-order valence-corrected chi connectivity index (χ3v) is 3.39. The number of rotatable bonds is 3. The standard InChI is InChI=1S/C11H13BrN2O3/c1-8-4-5-13(7-8)17-11-6-9(14(15)16)2-3-10(11)12/h2-3,6,8H,4-5,7H2,1H3/t8-/m1/s1. The topological polar surface area (TPSA) is 55.6 Å². The van der Waals surface area contributed by atoms with Crippen molar-refractivity contribution in [3.8, 4) is 5.75 Å². The molecule has 0 saturated carbocycles. The largest absolute Gasteiger partial charge is 0.405 e. The molecular weight excluding hydrogens is 288 g/mol. The predicted octanol–water partition coefficient (Wildman–Crippen LogP) is 2.99. The molecule has 0 unspecified atom stereocenters. The van der Waals surface area contributed by atoms with Gasteiger partial charge in [-0.05, 0) is 34.3 Å². The molecule has 92 valence electrons. The van der Waals surface area contributed by atoms with Gasteiger partial charge in [0.15, 0.2) is 5.75 Å². The Morgan fingerprint density at radius 1 is 1.59 bits per heavy atom. The van der Waals surface area contributed by atoms with E-state index in [0.29, 0.717) is 11.7 Å². The second kappa shape index (κ2) is 5.01. The lowest BCUT2D eigenvalue weighted by Crippen LogP contribution is -2.24. The Kier molecular flexibility index (Phi) is 3.63. The second-order valence-electron chi connectivity index (χ2n) is 4.24. The van der Waals surface area contributed by atoms with Crippen LogP contribution in [0.3, 0.4) is 0 Å². The molecule has 0 N–H and O–H groups in total. The molecule has 1 fully saturated rings. The first kappa shape index (κ1) is 12.3. The number of hydrogen-bond acceptors (Lipinski definition) is 4. The summed E-state index contributed by atoms with van der Waals surface area (Å²) in [5.74, 6) is 1.10. The van der Waals surface area contributed by atoms with E-state index in [9.17, 15) is 10.1 Å². The molecule has 1 aliphatic rings. The summed E-state index contributed by atoms with van der Waals surface area (Å²) >= 11 is 3.33. The first-order valence-electron chi connectivity index (χ1n) is 5.43. The van der Waals surface area contributed by atoms with Crippen LogP contribution in [0, 0.1) is 16.0 Å². The van der Waals surface area contributed by atoms with Gasteiger partial charge < -0.3 is 4.84 Å². The molecule has 6 heteroatoms. The Bertz CT molecular complexity index is 439. The molecule has 5 nitrogen and oxygen atoms in total. The van der Waals surface area contributed by atoms with Gasteiger partial charge in [-0.3, -0.25) is 10.1 Å². The monoisotopic (exact) mass is 300 g/mol. The van der Waals surface area contributed by atoms with Crippen LogP contribution in [0.4, 0.5) is 5.69 Å². The van der Waals surface area contributed by atoms with E-state index in [0.717, 1.165) is 24.0 Å². The van der Waals surface area contributed by atoms with Crippen LogP contribution in [0.25, 0.3) is 0 Å². The third kappa shape index (κ3) is 2.95. The molecule has 1 aliphatic heterocycles. The number of benzene rings is 1. The lowest BCUT2D eigenvalue weighted by atomic mass is 10.2. The van der Waals surface area contributed by atoms with E-state index in [1.165, 1.54) is 12.1 Å². The molecule has 0 amide bonds. The number of hydroxylamine groups is 2. The van der Waals surface area contributed by atoms with Crippen molar-refractivity contribution in [2.45, 2.75) is 13.3 Å². The Labute approximate surface area is 108 Å². The summed E-state index contributed by atoms with van der Waals surface area (Å²) in [6.07, 6.45) is 1.09. The molecule has 1 aromatic carbocycles. The summed E-state index contributed by atoms with van der Waals surface area (Å²) < 4.78 is 0.725. The van der Waals surface area contributed by atoms with E-state index < -0.39 is 4.92 Å². The quantitative estimate of drug-likeness (QED) is 0.636. The van der Waals surface area contributed by atoms with Crippen LogP contribution >= 0.6 is 15.9 Å². The average Bonchev–Trinajstić information content (AvgIpc) is 2.67. The molecule has 0 aliphatic carbocycles. The van der Waals surface area contributed by atoms with E-state index in [2.05, 4.69) is 22.9 Å². The first-order valence-corrected chi connectivity index (χ1v) is 6.22. The molecule has 0 aromatic heterocycles. The lowest BCUT2D eigenvalue weighted by Gasteiger charge is -2.17. The van der Waals surface area contributed by atoms with Gasteiger partial charge in [0.05, 0.1) is 15.5 Å². The molecule has 0 radical (unpaired) electrons. The van der Waals surface area contributed by atoms with E-state index in [1.807, 2.05) is 5.06 Å². The number of nitro benzene ring substituents is 1. The lowest BCUT2D eigenvalue weighted by molar-refractivity contribution is -0.385. The highest BCUT2D eigenvalue weighted by Crippen LogP contribution is 2.31. The van der Waals surface area contributed by atoms with Crippen molar-refractivity contribution in [1.29, 1.82) is 0 Å². The number of halogens is 1. The van der Waals surface area contributed by atoms with Crippen LogP contribution in [0.2, 0.25) is 0 Å². The Hall–Kier alpha value is -1.14. The average molecular weight is 301 g/mol. The summed E-state index contributed by atoms with van der Waals surface area (Å²) in [6.45, 7) is 3.87. The molecule has 1 heterocycles. The number of non-ortho nitro benzene ring substituents is 1. The van der Waals surface area contributed by atoms with Crippen molar-refractivity contribution in [3.05, 3.63) is 32.8 Å². The van der Waals surface area contributed by atoms with Gasteiger partial charge >= 0.3 is 0 Å². The number of nitro groups is 1. The van der Waals surface area contributed by atoms with Crippen LogP contribution < -0.4 is 4.84 Å². The summed E-state index contributed by atoms with van der Waals surface area (Å²) in [5, 5.41) is 12.5. The molecule has 1 aromatic rings. The predicted molar refractivity (Wildman–Crippen MR) is 66.8 cm³/mol. The summed E-state index contributed by atoms with van der Waals surface area (Å²) in [6, 6.07) is 4.52. The molecule has 1 atom stereocenters. The van der Waals surface area contributed by atoms with Gasteiger partial charge in [-0.1, -0.05) is 6.92 Å². The zero-order chi connectivity index (χ0) is 12.4. The van der Waals surface area contributed by atoms with Gasteiger partial charge in [-0.25, -0.2) is 0 Å². The van der Waals surface area contributed by atoms with Crippen LogP contribution in [-0.2, 0) is 0 Å².